The molecule has 0 heterocycles. The lowest BCUT2D eigenvalue weighted by Crippen LogP contribution is -2.50. The normalized spacial score (nSPS) is 19.1. The summed E-state index contributed by atoms with van der Waals surface area (Å²) in [4.78, 5) is 27.3. The highest BCUT2D eigenvalue weighted by Crippen LogP contribution is 2.30. The number of benzene rings is 1. The van der Waals surface area contributed by atoms with Crippen molar-refractivity contribution < 1.29 is 14.3 Å². The van der Waals surface area contributed by atoms with E-state index in [4.69, 9.17) is 4.74 Å². The molecular weight excluding hydrogens is 441 g/mol. The molecule has 0 bridgehead atoms. The van der Waals surface area contributed by atoms with Gasteiger partial charge in [-0.2, -0.15) is 0 Å². The van der Waals surface area contributed by atoms with E-state index in [0.717, 1.165) is 29.3 Å². The number of carbonyl (C=O) groups excluding carboxylic acids is 2. The van der Waals surface area contributed by atoms with Gasteiger partial charge in [-0.05, 0) is 72.5 Å². The first-order chi connectivity index (χ1) is 12.6. The van der Waals surface area contributed by atoms with Crippen molar-refractivity contribution in [3.63, 3.8) is 0 Å². The van der Waals surface area contributed by atoms with E-state index in [2.05, 4.69) is 27.5 Å². The highest BCUT2D eigenvalue weighted by molar-refractivity contribution is 14.1. The molecule has 0 aliphatic heterocycles. The van der Waals surface area contributed by atoms with E-state index in [1.54, 1.807) is 12.1 Å². The van der Waals surface area contributed by atoms with Crippen LogP contribution < -0.4 is 0 Å². The summed E-state index contributed by atoms with van der Waals surface area (Å²) in [7, 11) is 0. The Balaban J connectivity index is 1.62. The molecule has 0 atom stereocenters. The summed E-state index contributed by atoms with van der Waals surface area (Å²) in [5.41, 5.74) is 0.500. The van der Waals surface area contributed by atoms with Gasteiger partial charge in [-0.1, -0.05) is 38.5 Å². The van der Waals surface area contributed by atoms with Crippen molar-refractivity contribution in [2.45, 2.75) is 76.3 Å². The second kappa shape index (κ2) is 9.72. The van der Waals surface area contributed by atoms with E-state index in [1.165, 1.54) is 38.5 Å². The molecule has 1 amide bonds. The third-order valence-electron chi connectivity index (χ3n) is 5.63. The number of hydrogen-bond donors (Lipinski definition) is 0. The number of hydrogen-bond acceptors (Lipinski definition) is 3. The molecule has 0 aromatic heterocycles. The van der Waals surface area contributed by atoms with E-state index >= 15 is 0 Å². The summed E-state index contributed by atoms with van der Waals surface area (Å²) in [5.74, 6) is -0.426. The Morgan fingerprint density at radius 1 is 0.885 bits per heavy atom. The minimum absolute atomic E-state index is 0.0114. The summed E-state index contributed by atoms with van der Waals surface area (Å²) >= 11 is 2.20. The third kappa shape index (κ3) is 5.21. The fraction of sp³-hybridized carbons (Fsp3) is 0.619. The first kappa shape index (κ1) is 19.6. The Bertz CT molecular complexity index is 586. The van der Waals surface area contributed by atoms with E-state index in [9.17, 15) is 9.59 Å². The molecule has 1 aromatic carbocycles. The van der Waals surface area contributed by atoms with Gasteiger partial charge in [0.15, 0.2) is 6.61 Å². The van der Waals surface area contributed by atoms with Crippen molar-refractivity contribution in [2.24, 2.45) is 0 Å². The van der Waals surface area contributed by atoms with Crippen LogP contribution in [-0.4, -0.2) is 35.5 Å². The van der Waals surface area contributed by atoms with Crippen molar-refractivity contribution in [3.05, 3.63) is 33.4 Å². The molecule has 1 aromatic rings. The Hall–Kier alpha value is -1.11. The molecule has 142 valence electrons. The average Bonchev–Trinajstić information content (AvgIpc) is 2.68. The largest absolute Gasteiger partial charge is 0.452 e. The Morgan fingerprint density at radius 3 is 1.88 bits per heavy atom. The zero-order valence-electron chi connectivity index (χ0n) is 15.3. The van der Waals surface area contributed by atoms with Crippen LogP contribution in [0.15, 0.2) is 24.3 Å². The van der Waals surface area contributed by atoms with Crippen molar-refractivity contribution >= 4 is 34.5 Å². The smallest absolute Gasteiger partial charge is 0.338 e. The monoisotopic (exact) mass is 469 g/mol. The van der Waals surface area contributed by atoms with Crippen LogP contribution in [0.2, 0.25) is 0 Å². The molecule has 2 aliphatic carbocycles. The SMILES string of the molecule is O=C(OCC(=O)N(C1CCCCC1)C1CCCCC1)c1ccc(I)cc1. The van der Waals surface area contributed by atoms with Crippen molar-refractivity contribution in [3.8, 4) is 0 Å². The van der Waals surface area contributed by atoms with Gasteiger partial charge in [-0.15, -0.1) is 0 Å². The second-order valence-electron chi connectivity index (χ2n) is 7.47. The summed E-state index contributed by atoms with van der Waals surface area (Å²) in [6.07, 6.45) is 11.7. The Kier molecular flexibility index (Phi) is 7.34. The predicted molar refractivity (Wildman–Crippen MR) is 110 cm³/mol. The summed E-state index contributed by atoms with van der Waals surface area (Å²) < 4.78 is 6.43. The van der Waals surface area contributed by atoms with Crippen LogP contribution >= 0.6 is 22.6 Å². The second-order valence-corrected chi connectivity index (χ2v) is 8.71. The Morgan fingerprint density at radius 2 is 1.38 bits per heavy atom. The number of esters is 1. The molecule has 2 fully saturated rings. The van der Waals surface area contributed by atoms with E-state index in [1.807, 2.05) is 12.1 Å². The van der Waals surface area contributed by atoms with Crippen LogP contribution in [-0.2, 0) is 9.53 Å². The van der Waals surface area contributed by atoms with Gasteiger partial charge in [0.25, 0.3) is 5.91 Å². The molecule has 2 saturated carbocycles. The van der Waals surface area contributed by atoms with Crippen LogP contribution in [0.1, 0.15) is 74.6 Å². The molecule has 4 nitrogen and oxygen atoms in total. The van der Waals surface area contributed by atoms with Crippen molar-refractivity contribution in [2.75, 3.05) is 6.61 Å². The van der Waals surface area contributed by atoms with Gasteiger partial charge in [0.2, 0.25) is 0 Å². The molecule has 2 aliphatic rings. The van der Waals surface area contributed by atoms with Crippen LogP contribution in [0.25, 0.3) is 0 Å². The maximum absolute atomic E-state index is 13.0. The number of amides is 1. The number of ether oxygens (including phenoxy) is 1. The zero-order chi connectivity index (χ0) is 18.4. The third-order valence-corrected chi connectivity index (χ3v) is 6.35. The van der Waals surface area contributed by atoms with Crippen molar-refractivity contribution in [1.82, 2.24) is 4.90 Å². The molecule has 0 spiro atoms. The van der Waals surface area contributed by atoms with E-state index < -0.39 is 5.97 Å². The summed E-state index contributed by atoms with van der Waals surface area (Å²) in [6, 6.07) is 7.89. The first-order valence-electron chi connectivity index (χ1n) is 9.89. The topological polar surface area (TPSA) is 46.6 Å². The Labute approximate surface area is 169 Å². The van der Waals surface area contributed by atoms with Crippen LogP contribution in [0.5, 0.6) is 0 Å². The lowest BCUT2D eigenvalue weighted by atomic mass is 9.88. The van der Waals surface area contributed by atoms with Gasteiger partial charge in [0.05, 0.1) is 5.56 Å². The van der Waals surface area contributed by atoms with Gasteiger partial charge in [0, 0.05) is 15.7 Å². The minimum Gasteiger partial charge on any atom is -0.452 e. The summed E-state index contributed by atoms with van der Waals surface area (Å²) in [6.45, 7) is -0.141. The molecule has 0 N–H and O–H groups in total. The minimum atomic E-state index is -0.415. The zero-order valence-corrected chi connectivity index (χ0v) is 17.4. The fourth-order valence-corrected chi connectivity index (χ4v) is 4.65. The maximum atomic E-state index is 13.0. The highest BCUT2D eigenvalue weighted by Gasteiger charge is 2.32. The maximum Gasteiger partial charge on any atom is 0.338 e. The van der Waals surface area contributed by atoms with Gasteiger partial charge < -0.3 is 9.64 Å². The molecule has 5 heteroatoms. The number of halogens is 1. The number of carbonyl (C=O) groups is 2. The van der Waals surface area contributed by atoms with Gasteiger partial charge in [-0.25, -0.2) is 4.79 Å². The van der Waals surface area contributed by atoms with Gasteiger partial charge in [0.1, 0.15) is 0 Å². The predicted octanol–water partition coefficient (Wildman–Crippen LogP) is 4.94. The lowest BCUT2D eigenvalue weighted by Gasteiger charge is -2.41. The fourth-order valence-electron chi connectivity index (χ4n) is 4.29. The van der Waals surface area contributed by atoms with Crippen LogP contribution in [0.3, 0.4) is 0 Å². The van der Waals surface area contributed by atoms with E-state index in [0.29, 0.717) is 17.6 Å². The quantitative estimate of drug-likeness (QED) is 0.453. The van der Waals surface area contributed by atoms with Gasteiger partial charge >= 0.3 is 5.97 Å². The van der Waals surface area contributed by atoms with Gasteiger partial charge in [-0.3, -0.25) is 4.79 Å². The van der Waals surface area contributed by atoms with E-state index in [-0.39, 0.29) is 12.5 Å². The average molecular weight is 469 g/mol. The molecule has 0 radical (unpaired) electrons. The molecule has 26 heavy (non-hydrogen) atoms. The standard InChI is InChI=1S/C21H28INO3/c22-17-13-11-16(12-14-17)21(25)26-15-20(24)23(18-7-3-1-4-8-18)19-9-5-2-6-10-19/h11-14,18-19H,1-10,15H2. The molecule has 3 rings (SSSR count). The molecular formula is C21H28INO3. The van der Waals surface area contributed by atoms with Crippen LogP contribution in [0, 0.1) is 3.57 Å². The van der Waals surface area contributed by atoms with Crippen molar-refractivity contribution in [1.29, 1.82) is 0 Å². The highest BCUT2D eigenvalue weighted by atomic mass is 127. The first-order valence-corrected chi connectivity index (χ1v) is 11.0. The summed E-state index contributed by atoms with van der Waals surface area (Å²) in [5, 5.41) is 0. The number of rotatable bonds is 5. The lowest BCUT2D eigenvalue weighted by molar-refractivity contribution is -0.141. The van der Waals surface area contributed by atoms with Crippen LogP contribution in [0.4, 0.5) is 0 Å². The number of nitrogens with zero attached hydrogens (tertiary/aromatic N) is 1. The molecule has 0 saturated heterocycles. The molecule has 0 unspecified atom stereocenters.